The van der Waals surface area contributed by atoms with E-state index >= 15 is 0 Å². The summed E-state index contributed by atoms with van der Waals surface area (Å²) in [7, 11) is 1.80. The molecule has 124 valence electrons. The summed E-state index contributed by atoms with van der Waals surface area (Å²) in [6, 6.07) is 16.6. The van der Waals surface area contributed by atoms with Gasteiger partial charge >= 0.3 is 0 Å². The molecule has 0 atom stereocenters. The van der Waals surface area contributed by atoms with Gasteiger partial charge in [-0.2, -0.15) is 5.10 Å². The lowest BCUT2D eigenvalue weighted by atomic mass is 10.0. The van der Waals surface area contributed by atoms with Gasteiger partial charge in [0, 0.05) is 23.4 Å². The number of rotatable bonds is 3. The lowest BCUT2D eigenvalue weighted by Crippen LogP contribution is -2.08. The smallest absolute Gasteiger partial charge is 0.206 e. The van der Waals surface area contributed by atoms with Crippen LogP contribution in [-0.4, -0.2) is 28.5 Å². The Labute approximate surface area is 148 Å². The average Bonchev–Trinajstić information content (AvgIpc) is 3.07. The Balaban J connectivity index is 1.69. The predicted molar refractivity (Wildman–Crippen MR) is 103 cm³/mol. The van der Waals surface area contributed by atoms with E-state index in [1.54, 1.807) is 24.2 Å². The Morgan fingerprint density at radius 2 is 1.76 bits per heavy atom. The minimum atomic E-state index is 0.0925. The summed E-state index contributed by atoms with van der Waals surface area (Å²) in [5, 5.41) is 28.5. The van der Waals surface area contributed by atoms with Gasteiger partial charge in [-0.15, -0.1) is 0 Å². The van der Waals surface area contributed by atoms with Gasteiger partial charge in [0.2, 0.25) is 5.13 Å². The van der Waals surface area contributed by atoms with Crippen molar-refractivity contribution < 1.29 is 10.2 Å². The number of para-hydroxylation sites is 1. The standard InChI is InChI=1S/C19H15N3O2S/c1-22(19-21-15-8-4-5-9-17(15)25-19)20-11-12-10-16(23)13-6-2-3-7-14(13)18(12)24/h2-11,23-24H,1H3/b20-11+. The fourth-order valence-corrected chi connectivity index (χ4v) is 3.54. The lowest BCUT2D eigenvalue weighted by Gasteiger charge is -2.09. The number of phenolic OH excluding ortho intramolecular Hbond substituents is 2. The van der Waals surface area contributed by atoms with Crippen molar-refractivity contribution in [2.24, 2.45) is 5.10 Å². The molecule has 4 aromatic rings. The molecular formula is C19H15N3O2S. The highest BCUT2D eigenvalue weighted by atomic mass is 32.1. The number of benzene rings is 3. The monoisotopic (exact) mass is 349 g/mol. The van der Waals surface area contributed by atoms with E-state index in [4.69, 9.17) is 0 Å². The second-order valence-electron chi connectivity index (χ2n) is 5.61. The van der Waals surface area contributed by atoms with Crippen LogP contribution in [0.5, 0.6) is 11.5 Å². The average molecular weight is 349 g/mol. The number of hydrazone groups is 1. The van der Waals surface area contributed by atoms with Gasteiger partial charge in [-0.3, -0.25) is 0 Å². The number of hydrogen-bond donors (Lipinski definition) is 2. The molecule has 0 aliphatic carbocycles. The summed E-state index contributed by atoms with van der Waals surface area (Å²) in [6.45, 7) is 0. The highest BCUT2D eigenvalue weighted by molar-refractivity contribution is 7.22. The minimum Gasteiger partial charge on any atom is -0.507 e. The van der Waals surface area contributed by atoms with Crippen molar-refractivity contribution in [3.8, 4) is 11.5 Å². The molecule has 0 amide bonds. The maximum absolute atomic E-state index is 10.4. The van der Waals surface area contributed by atoms with Gasteiger partial charge in [0.05, 0.1) is 16.4 Å². The summed E-state index contributed by atoms with van der Waals surface area (Å²) < 4.78 is 1.09. The molecule has 0 spiro atoms. The van der Waals surface area contributed by atoms with Crippen LogP contribution in [0.15, 0.2) is 59.7 Å². The van der Waals surface area contributed by atoms with E-state index in [9.17, 15) is 10.2 Å². The lowest BCUT2D eigenvalue weighted by molar-refractivity contribution is 0.469. The predicted octanol–water partition coefficient (Wildman–Crippen LogP) is 4.33. The van der Waals surface area contributed by atoms with Crippen LogP contribution < -0.4 is 5.01 Å². The van der Waals surface area contributed by atoms with E-state index in [-0.39, 0.29) is 11.5 Å². The van der Waals surface area contributed by atoms with Gasteiger partial charge in [0.25, 0.3) is 0 Å². The van der Waals surface area contributed by atoms with Crippen molar-refractivity contribution in [2.45, 2.75) is 0 Å². The molecule has 1 aromatic heterocycles. The second-order valence-corrected chi connectivity index (χ2v) is 6.62. The van der Waals surface area contributed by atoms with Crippen molar-refractivity contribution in [1.29, 1.82) is 0 Å². The van der Waals surface area contributed by atoms with Crippen LogP contribution in [-0.2, 0) is 0 Å². The van der Waals surface area contributed by atoms with Crippen molar-refractivity contribution in [2.75, 3.05) is 12.1 Å². The maximum Gasteiger partial charge on any atom is 0.206 e. The summed E-state index contributed by atoms with van der Waals surface area (Å²) in [5.74, 6) is 0.201. The van der Waals surface area contributed by atoms with E-state index in [0.29, 0.717) is 16.3 Å². The molecule has 2 N–H and O–H groups in total. The molecule has 0 fully saturated rings. The molecule has 25 heavy (non-hydrogen) atoms. The molecule has 0 radical (unpaired) electrons. The minimum absolute atomic E-state index is 0.0925. The number of anilines is 1. The van der Waals surface area contributed by atoms with E-state index in [0.717, 1.165) is 15.3 Å². The van der Waals surface area contributed by atoms with Gasteiger partial charge in [0.1, 0.15) is 11.5 Å². The Bertz CT molecular complexity index is 1070. The first-order chi connectivity index (χ1) is 12.1. The quantitative estimate of drug-likeness (QED) is 0.328. The Morgan fingerprint density at radius 3 is 2.56 bits per heavy atom. The summed E-state index contributed by atoms with van der Waals surface area (Å²) in [6.07, 6.45) is 1.52. The van der Waals surface area contributed by atoms with Crippen LogP contribution in [0.25, 0.3) is 21.0 Å². The van der Waals surface area contributed by atoms with Gasteiger partial charge in [-0.05, 0) is 18.2 Å². The topological polar surface area (TPSA) is 69.0 Å². The second kappa shape index (κ2) is 6.07. The molecule has 6 heteroatoms. The Morgan fingerprint density at radius 1 is 1.04 bits per heavy atom. The highest BCUT2D eigenvalue weighted by Crippen LogP contribution is 2.34. The fraction of sp³-hybridized carbons (Fsp3) is 0.0526. The van der Waals surface area contributed by atoms with Gasteiger partial charge < -0.3 is 10.2 Å². The summed E-state index contributed by atoms with van der Waals surface area (Å²) >= 11 is 1.54. The van der Waals surface area contributed by atoms with E-state index in [1.807, 2.05) is 36.4 Å². The normalized spacial score (nSPS) is 11.6. The molecule has 0 aliphatic rings. The van der Waals surface area contributed by atoms with Crippen LogP contribution >= 0.6 is 11.3 Å². The van der Waals surface area contributed by atoms with Gasteiger partial charge in [-0.1, -0.05) is 47.7 Å². The third-order valence-electron chi connectivity index (χ3n) is 3.95. The fourth-order valence-electron chi connectivity index (χ4n) is 2.66. The third-order valence-corrected chi connectivity index (χ3v) is 5.06. The number of aromatic hydroxyl groups is 2. The number of hydrogen-bond acceptors (Lipinski definition) is 6. The molecule has 0 bridgehead atoms. The maximum atomic E-state index is 10.4. The Kier molecular flexibility index (Phi) is 3.74. The van der Waals surface area contributed by atoms with Crippen LogP contribution in [0.3, 0.4) is 0 Å². The number of thiazole rings is 1. The number of phenols is 2. The van der Waals surface area contributed by atoms with E-state index in [2.05, 4.69) is 10.1 Å². The molecule has 1 heterocycles. The molecule has 4 rings (SSSR count). The Hall–Kier alpha value is -3.12. The van der Waals surface area contributed by atoms with Crippen LogP contribution in [0.2, 0.25) is 0 Å². The van der Waals surface area contributed by atoms with Crippen molar-refractivity contribution >= 4 is 43.7 Å². The zero-order valence-electron chi connectivity index (χ0n) is 13.4. The van der Waals surface area contributed by atoms with Crippen molar-refractivity contribution in [1.82, 2.24) is 4.98 Å². The van der Waals surface area contributed by atoms with E-state index < -0.39 is 0 Å². The van der Waals surface area contributed by atoms with Crippen molar-refractivity contribution in [3.63, 3.8) is 0 Å². The zero-order chi connectivity index (χ0) is 17.4. The largest absolute Gasteiger partial charge is 0.507 e. The number of aromatic nitrogens is 1. The molecule has 0 unspecified atom stereocenters. The van der Waals surface area contributed by atoms with Crippen LogP contribution in [0.4, 0.5) is 5.13 Å². The van der Waals surface area contributed by atoms with Gasteiger partial charge in [0.15, 0.2) is 0 Å². The summed E-state index contributed by atoms with van der Waals surface area (Å²) in [5.41, 5.74) is 1.37. The first-order valence-electron chi connectivity index (χ1n) is 7.70. The molecule has 0 saturated carbocycles. The molecule has 0 saturated heterocycles. The van der Waals surface area contributed by atoms with Crippen LogP contribution in [0, 0.1) is 0 Å². The molecule has 3 aromatic carbocycles. The van der Waals surface area contributed by atoms with Crippen LogP contribution in [0.1, 0.15) is 5.56 Å². The summed E-state index contributed by atoms with van der Waals surface area (Å²) in [4.78, 5) is 4.53. The first-order valence-corrected chi connectivity index (χ1v) is 8.52. The molecular weight excluding hydrogens is 334 g/mol. The third kappa shape index (κ3) is 2.77. The van der Waals surface area contributed by atoms with Gasteiger partial charge in [-0.25, -0.2) is 9.99 Å². The number of fused-ring (bicyclic) bond motifs is 2. The molecule has 5 nitrogen and oxygen atoms in total. The first kappa shape index (κ1) is 15.4. The SMILES string of the molecule is CN(/N=C/c1cc(O)c2ccccc2c1O)c1nc2ccccc2s1. The highest BCUT2D eigenvalue weighted by Gasteiger charge is 2.10. The molecule has 0 aliphatic heterocycles. The number of nitrogens with zero attached hydrogens (tertiary/aromatic N) is 3. The van der Waals surface area contributed by atoms with E-state index in [1.165, 1.54) is 23.6 Å². The van der Waals surface area contributed by atoms with Crippen molar-refractivity contribution in [3.05, 3.63) is 60.2 Å². The zero-order valence-corrected chi connectivity index (χ0v) is 14.2.